The van der Waals surface area contributed by atoms with E-state index in [0.717, 1.165) is 28.8 Å². The van der Waals surface area contributed by atoms with E-state index in [1.807, 2.05) is 24.5 Å². The van der Waals surface area contributed by atoms with Crippen molar-refractivity contribution in [1.29, 1.82) is 0 Å². The van der Waals surface area contributed by atoms with Crippen LogP contribution in [-0.2, 0) is 4.79 Å². The molecular weight excluding hydrogens is 400 g/mol. The second-order valence-electron chi connectivity index (χ2n) is 8.36. The highest BCUT2D eigenvalue weighted by atomic mass is 32.2. The van der Waals surface area contributed by atoms with E-state index in [9.17, 15) is 4.79 Å². The van der Waals surface area contributed by atoms with Crippen LogP contribution in [0.25, 0.3) is 0 Å². The van der Waals surface area contributed by atoms with E-state index in [1.165, 1.54) is 11.8 Å². The number of hydrogen-bond acceptors (Lipinski definition) is 8. The van der Waals surface area contributed by atoms with Crippen LogP contribution >= 0.6 is 11.8 Å². The number of thioether (sulfide) groups is 1. The number of anilines is 2. The minimum Gasteiger partial charge on any atom is -0.493 e. The average molecular weight is 427 g/mol. The Bertz CT molecular complexity index is 1060. The molecule has 2 heterocycles. The number of rotatable bonds is 4. The molecule has 1 aliphatic carbocycles. The number of fused-ring (bicyclic) bond motifs is 1. The highest BCUT2D eigenvalue weighted by Crippen LogP contribution is 2.50. The normalized spacial score (nSPS) is 19.6. The molecule has 0 saturated heterocycles. The molecule has 1 aliphatic heterocycles. The maximum absolute atomic E-state index is 13.3. The number of nitrogens with two attached hydrogens (primary N) is 1. The number of carbonyl (C=O) groups is 1. The van der Waals surface area contributed by atoms with Gasteiger partial charge in [-0.2, -0.15) is 0 Å². The Balaban J connectivity index is 1.97. The third-order valence-corrected chi connectivity index (χ3v) is 6.19. The summed E-state index contributed by atoms with van der Waals surface area (Å²) in [4.78, 5) is 22.4. The van der Waals surface area contributed by atoms with Gasteiger partial charge in [0.15, 0.2) is 22.4 Å². The summed E-state index contributed by atoms with van der Waals surface area (Å²) in [5.74, 6) is 2.02. The van der Waals surface area contributed by atoms with Gasteiger partial charge in [-0.05, 0) is 35.8 Å². The number of hydrogen-bond donors (Lipinski definition) is 2. The number of benzene rings is 1. The molecular formula is C22H26N4O3S. The lowest BCUT2D eigenvalue weighted by Crippen LogP contribution is -2.34. The fourth-order valence-corrected chi connectivity index (χ4v) is 4.74. The summed E-state index contributed by atoms with van der Waals surface area (Å²) in [6, 6.07) is 5.69. The molecule has 1 atom stereocenters. The number of nitrogens with zero attached hydrogens (tertiary/aromatic N) is 2. The minimum atomic E-state index is -0.365. The Morgan fingerprint density at radius 1 is 1.17 bits per heavy atom. The molecule has 1 aromatic carbocycles. The van der Waals surface area contributed by atoms with Crippen LogP contribution in [0, 0.1) is 5.41 Å². The van der Waals surface area contributed by atoms with E-state index < -0.39 is 0 Å². The first kappa shape index (κ1) is 20.5. The Morgan fingerprint density at radius 3 is 2.57 bits per heavy atom. The van der Waals surface area contributed by atoms with Gasteiger partial charge < -0.3 is 20.5 Å². The van der Waals surface area contributed by atoms with Crippen LogP contribution in [0.1, 0.15) is 43.7 Å². The summed E-state index contributed by atoms with van der Waals surface area (Å²) < 4.78 is 10.9. The number of Topliss-reactive ketones (excluding diaryl/α,β-unsaturated/α-hetero) is 1. The summed E-state index contributed by atoms with van der Waals surface area (Å²) in [6.07, 6.45) is 3.15. The number of aromatic nitrogens is 2. The number of nitrogen functional groups attached to an aromatic ring is 1. The Kier molecular flexibility index (Phi) is 5.13. The lowest BCUT2D eigenvalue weighted by molar-refractivity contribution is -0.118. The van der Waals surface area contributed by atoms with E-state index in [1.54, 1.807) is 14.2 Å². The van der Waals surface area contributed by atoms with Crippen molar-refractivity contribution in [3.63, 3.8) is 0 Å². The molecule has 0 unspecified atom stereocenters. The monoisotopic (exact) mass is 426 g/mol. The fraction of sp³-hybridized carbons (Fsp3) is 0.409. The van der Waals surface area contributed by atoms with Gasteiger partial charge >= 0.3 is 0 Å². The van der Waals surface area contributed by atoms with Crippen molar-refractivity contribution in [1.82, 2.24) is 9.97 Å². The standard InChI is InChI=1S/C22H26N4O3S/c1-22(2)9-12-17(13(27)10-22)16(11-6-7-14(28-3)15(8-11)29-4)18-19(23)25-21(30-5)26-20(18)24-12/h6-8,16H,9-10H2,1-5H3,(H3,23,24,25,26)/t16-/m0/s1. The second-order valence-corrected chi connectivity index (χ2v) is 9.14. The highest BCUT2D eigenvalue weighted by Gasteiger charge is 2.42. The molecule has 2 aromatic rings. The molecule has 0 saturated carbocycles. The highest BCUT2D eigenvalue weighted by molar-refractivity contribution is 7.98. The summed E-state index contributed by atoms with van der Waals surface area (Å²) in [6.45, 7) is 4.22. The quantitative estimate of drug-likeness (QED) is 0.559. The zero-order valence-electron chi connectivity index (χ0n) is 17.8. The van der Waals surface area contributed by atoms with Gasteiger partial charge in [-0.15, -0.1) is 0 Å². The predicted octanol–water partition coefficient (Wildman–Crippen LogP) is 4.00. The van der Waals surface area contributed by atoms with Crippen LogP contribution in [0.4, 0.5) is 11.6 Å². The third-order valence-electron chi connectivity index (χ3n) is 5.64. The van der Waals surface area contributed by atoms with Crippen LogP contribution in [-0.4, -0.2) is 36.2 Å². The molecule has 0 fully saturated rings. The van der Waals surface area contributed by atoms with E-state index in [4.69, 9.17) is 15.2 Å². The van der Waals surface area contributed by atoms with E-state index >= 15 is 0 Å². The molecule has 158 valence electrons. The third kappa shape index (κ3) is 3.39. The van der Waals surface area contributed by atoms with Crippen molar-refractivity contribution >= 4 is 29.2 Å². The molecule has 3 N–H and O–H groups in total. The first-order chi connectivity index (χ1) is 14.3. The lowest BCUT2D eigenvalue weighted by atomic mass is 9.69. The second kappa shape index (κ2) is 7.50. The first-order valence-corrected chi connectivity index (χ1v) is 11.0. The van der Waals surface area contributed by atoms with Crippen molar-refractivity contribution in [2.45, 2.75) is 37.8 Å². The van der Waals surface area contributed by atoms with Gasteiger partial charge in [0.1, 0.15) is 11.6 Å². The number of allylic oxidation sites excluding steroid dienone is 2. The molecule has 0 bridgehead atoms. The van der Waals surface area contributed by atoms with Crippen molar-refractivity contribution < 1.29 is 14.3 Å². The molecule has 7 nitrogen and oxygen atoms in total. The van der Waals surface area contributed by atoms with Gasteiger partial charge in [-0.1, -0.05) is 31.7 Å². The molecule has 0 spiro atoms. The molecule has 0 radical (unpaired) electrons. The van der Waals surface area contributed by atoms with Gasteiger partial charge in [-0.3, -0.25) is 4.79 Å². The molecule has 4 rings (SSSR count). The number of ether oxygens (including phenoxy) is 2. The summed E-state index contributed by atoms with van der Waals surface area (Å²) in [5, 5.41) is 4.00. The Labute approximate surface area is 180 Å². The zero-order chi connectivity index (χ0) is 21.6. The summed E-state index contributed by atoms with van der Waals surface area (Å²) >= 11 is 1.43. The maximum atomic E-state index is 13.3. The van der Waals surface area contributed by atoms with Crippen LogP contribution in [0.5, 0.6) is 11.5 Å². The fourth-order valence-electron chi connectivity index (χ4n) is 4.37. The topological polar surface area (TPSA) is 99.4 Å². The zero-order valence-corrected chi connectivity index (χ0v) is 18.6. The molecule has 30 heavy (non-hydrogen) atoms. The lowest BCUT2D eigenvalue weighted by Gasteiger charge is -2.39. The van der Waals surface area contributed by atoms with Crippen LogP contribution < -0.4 is 20.5 Å². The van der Waals surface area contributed by atoms with Crippen molar-refractivity contribution in [3.8, 4) is 11.5 Å². The van der Waals surface area contributed by atoms with Gasteiger partial charge in [0.25, 0.3) is 0 Å². The van der Waals surface area contributed by atoms with E-state index in [-0.39, 0.29) is 17.1 Å². The number of methoxy groups -OCH3 is 2. The van der Waals surface area contributed by atoms with Crippen molar-refractivity contribution in [2.24, 2.45) is 5.41 Å². The largest absolute Gasteiger partial charge is 0.493 e. The summed E-state index contributed by atoms with van der Waals surface area (Å²) in [5.41, 5.74) is 9.55. The van der Waals surface area contributed by atoms with Crippen molar-refractivity contribution in [2.75, 3.05) is 31.5 Å². The van der Waals surface area contributed by atoms with Gasteiger partial charge in [-0.25, -0.2) is 9.97 Å². The van der Waals surface area contributed by atoms with Crippen LogP contribution in [0.2, 0.25) is 0 Å². The predicted molar refractivity (Wildman–Crippen MR) is 118 cm³/mol. The van der Waals surface area contributed by atoms with Gasteiger partial charge in [0.2, 0.25) is 0 Å². The van der Waals surface area contributed by atoms with Crippen molar-refractivity contribution in [3.05, 3.63) is 40.6 Å². The van der Waals surface area contributed by atoms with Crippen LogP contribution in [0.3, 0.4) is 0 Å². The Hall–Kier alpha value is -2.74. The van der Waals surface area contributed by atoms with Crippen LogP contribution in [0.15, 0.2) is 34.6 Å². The first-order valence-electron chi connectivity index (χ1n) is 9.74. The molecule has 0 amide bonds. The van der Waals surface area contributed by atoms with Gasteiger partial charge in [0.05, 0.1) is 14.2 Å². The average Bonchev–Trinajstić information content (AvgIpc) is 2.70. The smallest absolute Gasteiger partial charge is 0.191 e. The number of nitrogens with one attached hydrogen (secondary N) is 1. The van der Waals surface area contributed by atoms with Gasteiger partial charge in [0, 0.05) is 29.2 Å². The minimum absolute atomic E-state index is 0.118. The molecule has 8 heteroatoms. The van der Waals surface area contributed by atoms with E-state index in [0.29, 0.717) is 34.7 Å². The SMILES string of the molecule is COc1ccc([C@H]2C3=C(CC(C)(C)CC3=O)Nc3nc(SC)nc(N)c32)cc1OC. The van der Waals surface area contributed by atoms with E-state index in [2.05, 4.69) is 29.1 Å². The molecule has 2 aliphatic rings. The number of carbonyl (C=O) groups excluding carboxylic acids is 1. The molecule has 1 aromatic heterocycles. The summed E-state index contributed by atoms with van der Waals surface area (Å²) in [7, 11) is 3.19. The Morgan fingerprint density at radius 2 is 1.90 bits per heavy atom. The number of ketones is 1. The maximum Gasteiger partial charge on any atom is 0.191 e.